The minimum Gasteiger partial charge on any atom is -0.369 e. The van der Waals surface area contributed by atoms with E-state index in [2.05, 4.69) is 35.7 Å². The van der Waals surface area contributed by atoms with Crippen molar-refractivity contribution in [1.82, 2.24) is 35.8 Å². The Morgan fingerprint density at radius 2 is 1.98 bits per heavy atom. The van der Waals surface area contributed by atoms with E-state index in [1.807, 2.05) is 25.2 Å². The Hall–Kier alpha value is -2.86. The number of benzene rings is 1. The van der Waals surface area contributed by atoms with Crippen molar-refractivity contribution in [1.29, 1.82) is 0 Å². The fourth-order valence-electron chi connectivity index (χ4n) is 3.29. The average molecular weight is 741 g/mol. The van der Waals surface area contributed by atoms with Crippen molar-refractivity contribution in [2.45, 2.75) is 57.5 Å². The molecule has 1 radical (unpaired) electrons. The van der Waals surface area contributed by atoms with Gasteiger partial charge in [-0.1, -0.05) is 11.2 Å². The molecule has 223 valence electrons. The fourth-order valence-corrected chi connectivity index (χ4v) is 3.29. The van der Waals surface area contributed by atoms with Crippen molar-refractivity contribution in [2.24, 2.45) is 0 Å². The maximum absolute atomic E-state index is 12.4. The molecule has 3 N–H and O–H groups in total. The summed E-state index contributed by atoms with van der Waals surface area (Å²) in [6.07, 6.45) is -1.40. The minimum atomic E-state index is -4.28. The Labute approximate surface area is 244 Å². The van der Waals surface area contributed by atoms with Crippen LogP contribution < -0.4 is 10.6 Å². The number of carbonyl (C=O) groups excluding carboxylic acids is 2. The standard InChI is InChI=1S/C19H23N7O3.C5H9F3O.CH3.Re/c1-20-6-7-26(11-27)10-12-2-5-14-15(8-12)23-16(22-14)9-21-19(28)18-17(13-3-4-13)24-29-25-18;1-4(2,9-3)5(6,7)8;;/h2,5,8,11,13,20H,3-4,6-7,9-10H2,1H3,(H,21,28)(H,22,23);1-3H3;1H3;/q;;-1;. The van der Waals surface area contributed by atoms with Gasteiger partial charge in [0.15, 0.2) is 11.3 Å². The number of H-pyrrole nitrogens is 1. The van der Waals surface area contributed by atoms with E-state index in [0.717, 1.165) is 63.4 Å². The topological polar surface area (TPSA) is 138 Å². The van der Waals surface area contributed by atoms with E-state index in [0.29, 0.717) is 24.6 Å². The van der Waals surface area contributed by atoms with Gasteiger partial charge in [-0.25, -0.2) is 9.61 Å². The van der Waals surface area contributed by atoms with Crippen molar-refractivity contribution in [3.63, 3.8) is 0 Å². The molecule has 15 heteroatoms. The zero-order chi connectivity index (χ0) is 27.9. The molecule has 0 unspecified atom stereocenters. The summed E-state index contributed by atoms with van der Waals surface area (Å²) in [4.78, 5) is 33.0. The number of nitrogens with zero attached hydrogens (tertiary/aromatic N) is 4. The van der Waals surface area contributed by atoms with Gasteiger partial charge in [-0.2, -0.15) is 13.2 Å². The number of halogens is 3. The molecule has 4 rings (SSSR count). The smallest absolute Gasteiger partial charge is 0.369 e. The average Bonchev–Trinajstić information content (AvgIpc) is 3.45. The number of alkyl halides is 3. The molecule has 1 aliphatic rings. The summed E-state index contributed by atoms with van der Waals surface area (Å²) < 4.78 is 44.0. The van der Waals surface area contributed by atoms with Gasteiger partial charge < -0.3 is 32.7 Å². The van der Waals surface area contributed by atoms with Crippen molar-refractivity contribution < 1.29 is 52.5 Å². The Kier molecular flexibility index (Phi) is 13.4. The largest absolute Gasteiger partial charge is 0.416 e. The first kappa shape index (κ1) is 35.2. The number of amides is 2. The molecule has 3 aromatic rings. The number of imidazole rings is 1. The molecule has 1 aliphatic carbocycles. The van der Waals surface area contributed by atoms with Gasteiger partial charge in [0.1, 0.15) is 11.5 Å². The van der Waals surface area contributed by atoms with Crippen LogP contribution in [0.4, 0.5) is 13.2 Å². The predicted octanol–water partition coefficient (Wildman–Crippen LogP) is 3.35. The number of fused-ring (bicyclic) bond motifs is 1. The van der Waals surface area contributed by atoms with Crippen LogP contribution in [0.1, 0.15) is 60.2 Å². The molecular weight excluding hydrogens is 706 g/mol. The molecule has 0 saturated heterocycles. The van der Waals surface area contributed by atoms with E-state index in [-0.39, 0.29) is 51.9 Å². The van der Waals surface area contributed by atoms with Crippen molar-refractivity contribution in [3.8, 4) is 0 Å². The second kappa shape index (κ2) is 15.2. The molecule has 1 saturated carbocycles. The summed E-state index contributed by atoms with van der Waals surface area (Å²) in [6.45, 7) is 4.09. The van der Waals surface area contributed by atoms with Crippen molar-refractivity contribution in [2.75, 3.05) is 27.2 Å². The zero-order valence-corrected chi connectivity index (χ0v) is 25.8. The number of ether oxygens (including phenoxy) is 1. The van der Waals surface area contributed by atoms with E-state index >= 15 is 0 Å². The van der Waals surface area contributed by atoms with Crippen LogP contribution in [0.3, 0.4) is 0 Å². The first-order chi connectivity index (χ1) is 18.0. The third-order valence-corrected chi connectivity index (χ3v) is 6.08. The number of hydrogen-bond acceptors (Lipinski definition) is 8. The van der Waals surface area contributed by atoms with E-state index in [1.165, 1.54) is 0 Å². The summed E-state index contributed by atoms with van der Waals surface area (Å²) in [5.41, 5.74) is 1.52. The van der Waals surface area contributed by atoms with Gasteiger partial charge in [-0.05, 0) is 56.6 Å². The molecule has 0 atom stereocenters. The van der Waals surface area contributed by atoms with Gasteiger partial charge in [0, 0.05) is 53.1 Å². The van der Waals surface area contributed by atoms with Crippen LogP contribution in [0.25, 0.3) is 11.0 Å². The molecule has 11 nitrogen and oxygen atoms in total. The summed E-state index contributed by atoms with van der Waals surface area (Å²) in [5, 5.41) is 13.4. The summed E-state index contributed by atoms with van der Waals surface area (Å²) >= 11 is 0. The van der Waals surface area contributed by atoms with E-state index in [1.54, 1.807) is 4.90 Å². The van der Waals surface area contributed by atoms with E-state index in [9.17, 15) is 22.8 Å². The second-order valence-electron chi connectivity index (χ2n) is 9.38. The zero-order valence-electron chi connectivity index (χ0n) is 23.1. The molecule has 0 aliphatic heterocycles. The maximum atomic E-state index is 12.4. The van der Waals surface area contributed by atoms with Crippen molar-refractivity contribution in [3.05, 3.63) is 48.4 Å². The molecular formula is C25H35F3N7O4Re-. The molecule has 1 fully saturated rings. The predicted molar refractivity (Wildman–Crippen MR) is 137 cm³/mol. The first-order valence-corrected chi connectivity index (χ1v) is 12.0. The van der Waals surface area contributed by atoms with E-state index in [4.69, 9.17) is 4.63 Å². The minimum absolute atomic E-state index is 0. The molecule has 0 spiro atoms. The molecule has 2 aromatic heterocycles. The summed E-state index contributed by atoms with van der Waals surface area (Å²) in [7, 11) is 2.89. The third-order valence-electron chi connectivity index (χ3n) is 6.08. The monoisotopic (exact) mass is 741 g/mol. The molecule has 1 aromatic carbocycles. The number of nitrogens with one attached hydrogen (secondary N) is 3. The molecule has 0 bridgehead atoms. The van der Waals surface area contributed by atoms with Crippen LogP contribution in [-0.2, 0) is 43.0 Å². The number of aromatic nitrogens is 4. The Morgan fingerprint density at radius 3 is 2.52 bits per heavy atom. The van der Waals surface area contributed by atoms with E-state index < -0.39 is 11.8 Å². The van der Waals surface area contributed by atoms with Crippen LogP contribution in [0.2, 0.25) is 0 Å². The van der Waals surface area contributed by atoms with Gasteiger partial charge in [0.2, 0.25) is 6.41 Å². The van der Waals surface area contributed by atoms with Crippen molar-refractivity contribution >= 4 is 23.4 Å². The van der Waals surface area contributed by atoms with Gasteiger partial charge >= 0.3 is 6.18 Å². The second-order valence-corrected chi connectivity index (χ2v) is 9.38. The Morgan fingerprint density at radius 1 is 1.27 bits per heavy atom. The maximum Gasteiger partial charge on any atom is 0.416 e. The van der Waals surface area contributed by atoms with Gasteiger partial charge in [0.05, 0.1) is 17.6 Å². The van der Waals surface area contributed by atoms with Crippen LogP contribution in [0.5, 0.6) is 0 Å². The molecule has 40 heavy (non-hydrogen) atoms. The molecule has 2 amide bonds. The number of likely N-dealkylation sites (N-methyl/N-ethyl adjacent to an activating group) is 1. The van der Waals surface area contributed by atoms with Gasteiger partial charge in [0.25, 0.3) is 5.91 Å². The first-order valence-electron chi connectivity index (χ1n) is 12.0. The quantitative estimate of drug-likeness (QED) is 0.201. The fraction of sp³-hybridized carbons (Fsp3) is 0.520. The van der Waals surface area contributed by atoms with Crippen LogP contribution >= 0.6 is 0 Å². The summed E-state index contributed by atoms with van der Waals surface area (Å²) in [6, 6.07) is 5.82. The van der Waals surface area contributed by atoms with Gasteiger partial charge in [-0.15, -0.1) is 0 Å². The third kappa shape index (κ3) is 9.36. The number of aromatic amines is 1. The van der Waals surface area contributed by atoms with Gasteiger partial charge in [-0.3, -0.25) is 9.59 Å². The summed E-state index contributed by atoms with van der Waals surface area (Å²) in [5.74, 6) is 0.600. The number of methoxy groups -OCH3 is 1. The molecule has 2 heterocycles. The normalized spacial score (nSPS) is 13.0. The number of carbonyl (C=O) groups is 2. The SMILES string of the molecule is CNCCN(C=O)Cc1ccc2nc(CNC(=O)c3nonc3C3CC3)[nH]c2c1.COC(C)(C)C(F)(F)F.[CH3-].[Re]. The number of rotatable bonds is 11. The van der Waals surface area contributed by atoms with Crippen LogP contribution in [0, 0.1) is 7.43 Å². The Bertz CT molecular complexity index is 1230. The number of hydrogen-bond donors (Lipinski definition) is 3. The Balaban J connectivity index is 0.000000633. The van der Waals surface area contributed by atoms with Crippen LogP contribution in [-0.4, -0.2) is 76.5 Å². The van der Waals surface area contributed by atoms with Crippen LogP contribution in [0.15, 0.2) is 22.8 Å².